The number of nitrogens with one attached hydrogen (secondary N) is 1. The van der Waals surface area contributed by atoms with Crippen LogP contribution in [0.2, 0.25) is 0 Å². The van der Waals surface area contributed by atoms with Crippen LogP contribution in [0.15, 0.2) is 47.2 Å². The largest absolute Gasteiger partial charge is 0.305 e. The lowest BCUT2D eigenvalue weighted by atomic mass is 10.2. The van der Waals surface area contributed by atoms with Crippen LogP contribution in [0, 0.1) is 0 Å². The molecule has 0 atom stereocenters. The summed E-state index contributed by atoms with van der Waals surface area (Å²) in [4.78, 5) is 28.2. The summed E-state index contributed by atoms with van der Waals surface area (Å²) in [7, 11) is 1.83. The molecule has 0 radical (unpaired) electrons. The first-order valence-electron chi connectivity index (χ1n) is 6.95. The smallest absolute Gasteiger partial charge is 0.267 e. The van der Waals surface area contributed by atoms with Gasteiger partial charge in [0.2, 0.25) is 5.91 Å². The Kier molecular flexibility index (Phi) is 5.02. The van der Waals surface area contributed by atoms with Crippen LogP contribution >= 0.6 is 23.1 Å². The van der Waals surface area contributed by atoms with E-state index >= 15 is 0 Å². The lowest BCUT2D eigenvalue weighted by Gasteiger charge is -2.04. The van der Waals surface area contributed by atoms with E-state index in [0.717, 1.165) is 5.56 Å². The number of rotatable bonds is 5. The molecule has 7 nitrogen and oxygen atoms in total. The van der Waals surface area contributed by atoms with Gasteiger partial charge >= 0.3 is 0 Å². The van der Waals surface area contributed by atoms with E-state index in [4.69, 9.17) is 0 Å². The summed E-state index contributed by atoms with van der Waals surface area (Å²) < 4.78 is 1.80. The van der Waals surface area contributed by atoms with Gasteiger partial charge in [-0.15, -0.1) is 21.5 Å². The van der Waals surface area contributed by atoms with Crippen LogP contribution in [-0.2, 0) is 11.8 Å². The van der Waals surface area contributed by atoms with Crippen LogP contribution in [0.3, 0.4) is 0 Å². The maximum absolute atomic E-state index is 11.9. The fourth-order valence-corrected chi connectivity index (χ4v) is 3.29. The van der Waals surface area contributed by atoms with Crippen LogP contribution in [0.25, 0.3) is 11.4 Å². The molecule has 2 amide bonds. The molecule has 0 spiro atoms. The summed E-state index contributed by atoms with van der Waals surface area (Å²) in [5.41, 5.74) is 0.893. The minimum Gasteiger partial charge on any atom is -0.305 e. The highest BCUT2D eigenvalue weighted by Gasteiger charge is 2.15. The number of pyridine rings is 1. The highest BCUT2D eigenvalue weighted by molar-refractivity contribution is 7.99. The van der Waals surface area contributed by atoms with Crippen molar-refractivity contribution >= 4 is 34.9 Å². The fraction of sp³-hybridized carbons (Fsp3) is 0.133. The lowest BCUT2D eigenvalue weighted by Crippen LogP contribution is -2.31. The number of hydrogen-bond donors (Lipinski definition) is 1. The molecule has 0 bridgehead atoms. The number of amides is 2. The van der Waals surface area contributed by atoms with Gasteiger partial charge < -0.3 is 4.57 Å². The van der Waals surface area contributed by atoms with Gasteiger partial charge in [-0.2, -0.15) is 0 Å². The van der Waals surface area contributed by atoms with E-state index < -0.39 is 0 Å². The first-order valence-corrected chi connectivity index (χ1v) is 8.82. The highest BCUT2D eigenvalue weighted by atomic mass is 32.2. The van der Waals surface area contributed by atoms with Crippen LogP contribution < -0.4 is 5.32 Å². The van der Waals surface area contributed by atoms with E-state index in [-0.39, 0.29) is 17.6 Å². The van der Waals surface area contributed by atoms with Crippen molar-refractivity contribution < 1.29 is 9.59 Å². The zero-order valence-corrected chi connectivity index (χ0v) is 14.3. The van der Waals surface area contributed by atoms with E-state index in [1.807, 2.05) is 19.2 Å². The maximum atomic E-state index is 11.9. The molecular weight excluding hydrogens is 346 g/mol. The molecule has 0 fully saturated rings. The van der Waals surface area contributed by atoms with Crippen LogP contribution in [0.4, 0.5) is 0 Å². The predicted octanol–water partition coefficient (Wildman–Crippen LogP) is 1.99. The molecule has 0 saturated heterocycles. The second-order valence-electron chi connectivity index (χ2n) is 4.74. The van der Waals surface area contributed by atoms with E-state index in [0.29, 0.717) is 15.9 Å². The molecule has 3 rings (SSSR count). The molecule has 3 aromatic rings. The Morgan fingerprint density at radius 2 is 2.04 bits per heavy atom. The molecule has 0 aromatic carbocycles. The Morgan fingerprint density at radius 1 is 1.25 bits per heavy atom. The van der Waals surface area contributed by atoms with Crippen molar-refractivity contribution in [3.05, 3.63) is 46.9 Å². The number of carbonyl (C=O) groups excluding carboxylic acids is 2. The Labute approximate surface area is 146 Å². The molecule has 9 heteroatoms. The van der Waals surface area contributed by atoms with Crippen molar-refractivity contribution in [2.24, 2.45) is 7.05 Å². The number of carbonyl (C=O) groups is 2. The molecular formula is C15H13N5O2S2. The average molecular weight is 359 g/mol. The Bertz CT molecular complexity index is 846. The zero-order chi connectivity index (χ0) is 16.9. The van der Waals surface area contributed by atoms with Gasteiger partial charge in [0.25, 0.3) is 5.91 Å². The Balaban J connectivity index is 1.60. The molecule has 24 heavy (non-hydrogen) atoms. The van der Waals surface area contributed by atoms with Crippen molar-refractivity contribution in [2.75, 3.05) is 5.75 Å². The number of thiophene rings is 1. The average Bonchev–Trinajstić information content (AvgIpc) is 3.24. The van der Waals surface area contributed by atoms with Crippen LogP contribution in [-0.4, -0.2) is 37.3 Å². The fourth-order valence-electron chi connectivity index (χ4n) is 1.96. The van der Waals surface area contributed by atoms with Gasteiger partial charge in [0.05, 0.1) is 10.6 Å². The number of imide groups is 1. The Morgan fingerprint density at radius 3 is 2.75 bits per heavy atom. The summed E-state index contributed by atoms with van der Waals surface area (Å²) >= 11 is 2.51. The summed E-state index contributed by atoms with van der Waals surface area (Å²) in [5, 5.41) is 13.0. The predicted molar refractivity (Wildman–Crippen MR) is 91.8 cm³/mol. The van der Waals surface area contributed by atoms with E-state index in [9.17, 15) is 9.59 Å². The molecule has 0 unspecified atom stereocenters. The van der Waals surface area contributed by atoms with Crippen molar-refractivity contribution in [2.45, 2.75) is 5.16 Å². The summed E-state index contributed by atoms with van der Waals surface area (Å²) in [6, 6.07) is 7.11. The summed E-state index contributed by atoms with van der Waals surface area (Å²) in [5.74, 6) is 0.0206. The van der Waals surface area contributed by atoms with Crippen molar-refractivity contribution in [3.8, 4) is 11.4 Å². The number of nitrogens with zero attached hydrogens (tertiary/aromatic N) is 4. The van der Waals surface area contributed by atoms with Gasteiger partial charge in [-0.05, 0) is 23.6 Å². The third-order valence-corrected chi connectivity index (χ3v) is 4.99. The lowest BCUT2D eigenvalue weighted by molar-refractivity contribution is -0.117. The molecule has 122 valence electrons. The quantitative estimate of drug-likeness (QED) is 0.701. The SMILES string of the molecule is Cn1c(SCC(=O)NC(=O)c2cccs2)nnc1-c1ccncc1. The van der Waals surface area contributed by atoms with E-state index in [1.165, 1.54) is 23.1 Å². The molecule has 0 aliphatic heterocycles. The minimum absolute atomic E-state index is 0.0828. The molecule has 0 aliphatic rings. The second kappa shape index (κ2) is 7.37. The first-order chi connectivity index (χ1) is 11.6. The zero-order valence-electron chi connectivity index (χ0n) is 12.7. The summed E-state index contributed by atoms with van der Waals surface area (Å²) in [6.07, 6.45) is 3.36. The molecule has 1 N–H and O–H groups in total. The maximum Gasteiger partial charge on any atom is 0.267 e. The number of thioether (sulfide) groups is 1. The van der Waals surface area contributed by atoms with Crippen molar-refractivity contribution in [1.29, 1.82) is 0 Å². The van der Waals surface area contributed by atoms with E-state index in [2.05, 4.69) is 20.5 Å². The summed E-state index contributed by atoms with van der Waals surface area (Å²) in [6.45, 7) is 0. The van der Waals surface area contributed by atoms with Gasteiger partial charge in [0.15, 0.2) is 11.0 Å². The normalized spacial score (nSPS) is 10.5. The van der Waals surface area contributed by atoms with Crippen molar-refractivity contribution in [3.63, 3.8) is 0 Å². The molecule has 0 aliphatic carbocycles. The second-order valence-corrected chi connectivity index (χ2v) is 6.63. The molecule has 3 aromatic heterocycles. The van der Waals surface area contributed by atoms with Crippen LogP contribution in [0.5, 0.6) is 0 Å². The van der Waals surface area contributed by atoms with Gasteiger partial charge in [-0.1, -0.05) is 17.8 Å². The third kappa shape index (κ3) is 3.69. The van der Waals surface area contributed by atoms with Crippen molar-refractivity contribution in [1.82, 2.24) is 25.1 Å². The Hall–Kier alpha value is -2.52. The monoisotopic (exact) mass is 359 g/mol. The number of hydrogen-bond acceptors (Lipinski definition) is 7. The van der Waals surface area contributed by atoms with E-state index in [1.54, 1.807) is 34.5 Å². The van der Waals surface area contributed by atoms with Gasteiger partial charge in [0, 0.05) is 25.0 Å². The third-order valence-electron chi connectivity index (χ3n) is 3.10. The van der Waals surface area contributed by atoms with Gasteiger partial charge in [-0.25, -0.2) is 0 Å². The number of aromatic nitrogens is 4. The van der Waals surface area contributed by atoms with Crippen LogP contribution in [0.1, 0.15) is 9.67 Å². The van der Waals surface area contributed by atoms with Gasteiger partial charge in [-0.3, -0.25) is 19.9 Å². The standard InChI is InChI=1S/C15H13N5O2S2/c1-20-13(10-4-6-16-7-5-10)18-19-15(20)24-9-12(21)17-14(22)11-3-2-8-23-11/h2-8H,9H2,1H3,(H,17,21,22). The topological polar surface area (TPSA) is 89.8 Å². The molecule has 0 saturated carbocycles. The minimum atomic E-state index is -0.383. The van der Waals surface area contributed by atoms with Gasteiger partial charge in [0.1, 0.15) is 0 Å². The first kappa shape index (κ1) is 16.3. The highest BCUT2D eigenvalue weighted by Crippen LogP contribution is 2.21. The molecule has 3 heterocycles.